The Kier molecular flexibility index (Phi) is 9.60. The van der Waals surface area contributed by atoms with Crippen molar-refractivity contribution in [1.82, 2.24) is 20.1 Å². The number of aliphatic hydroxyl groups excluding tert-OH is 1. The van der Waals surface area contributed by atoms with Crippen molar-refractivity contribution in [2.45, 2.75) is 63.5 Å². The number of aromatic amines is 1. The Balaban J connectivity index is 1.10. The molecular weight excluding hydrogens is 440 g/mol. The van der Waals surface area contributed by atoms with Crippen LogP contribution in [-0.2, 0) is 0 Å². The summed E-state index contributed by atoms with van der Waals surface area (Å²) in [5, 5.41) is 25.0. The van der Waals surface area contributed by atoms with Crippen LogP contribution in [0.4, 0.5) is 0 Å². The van der Waals surface area contributed by atoms with Crippen molar-refractivity contribution in [2.24, 2.45) is 5.92 Å². The molecule has 3 heterocycles. The molecule has 7 heteroatoms. The molecule has 2 saturated heterocycles. The first kappa shape index (κ1) is 26.1. The van der Waals surface area contributed by atoms with E-state index in [-0.39, 0.29) is 11.3 Å². The van der Waals surface area contributed by atoms with Gasteiger partial charge in [-0.25, -0.2) is 0 Å². The minimum Gasteiger partial charge on any atom is -0.506 e. The van der Waals surface area contributed by atoms with E-state index in [1.54, 1.807) is 12.1 Å². The van der Waals surface area contributed by atoms with Gasteiger partial charge in [-0.15, -0.1) is 0 Å². The molecule has 4 rings (SSSR count). The van der Waals surface area contributed by atoms with Crippen molar-refractivity contribution in [1.29, 1.82) is 0 Å². The summed E-state index contributed by atoms with van der Waals surface area (Å²) in [5.41, 5.74) is 0.821. The average molecular weight is 484 g/mol. The fourth-order valence-electron chi connectivity index (χ4n) is 5.53. The Morgan fingerprint density at radius 1 is 0.943 bits per heavy atom. The van der Waals surface area contributed by atoms with Gasteiger partial charge in [-0.05, 0) is 101 Å². The van der Waals surface area contributed by atoms with Crippen LogP contribution in [-0.4, -0.2) is 76.9 Å². The van der Waals surface area contributed by atoms with Crippen molar-refractivity contribution in [2.75, 3.05) is 45.8 Å². The van der Waals surface area contributed by atoms with Crippen molar-refractivity contribution >= 4 is 10.9 Å². The lowest BCUT2D eigenvalue weighted by Crippen LogP contribution is -2.43. The van der Waals surface area contributed by atoms with Crippen LogP contribution in [0.3, 0.4) is 0 Å². The summed E-state index contributed by atoms with van der Waals surface area (Å²) < 4.78 is 0. The predicted octanol–water partition coefficient (Wildman–Crippen LogP) is 3.43. The number of unbranched alkanes of at least 4 members (excludes halogenated alkanes) is 3. The van der Waals surface area contributed by atoms with Gasteiger partial charge in [0.25, 0.3) is 0 Å². The second-order valence-corrected chi connectivity index (χ2v) is 10.5. The average Bonchev–Trinajstić information content (AvgIpc) is 2.87. The van der Waals surface area contributed by atoms with Crippen LogP contribution in [0, 0.1) is 12.8 Å². The van der Waals surface area contributed by atoms with E-state index in [0.29, 0.717) is 35.0 Å². The van der Waals surface area contributed by atoms with Gasteiger partial charge in [-0.3, -0.25) is 4.79 Å². The Labute approximate surface area is 209 Å². The number of pyridine rings is 1. The largest absolute Gasteiger partial charge is 0.506 e. The zero-order valence-corrected chi connectivity index (χ0v) is 21.1. The molecule has 1 atom stereocenters. The number of hydrogen-bond acceptors (Lipinski definition) is 6. The molecule has 0 unspecified atom stereocenters. The van der Waals surface area contributed by atoms with Crippen LogP contribution in [0.25, 0.3) is 10.9 Å². The first-order chi connectivity index (χ1) is 17.0. The summed E-state index contributed by atoms with van der Waals surface area (Å²) in [6.45, 7) is 11.8. The normalized spacial score (nSPS) is 19.9. The molecule has 1 aromatic carbocycles. The van der Waals surface area contributed by atoms with Crippen LogP contribution in [0.15, 0.2) is 29.1 Å². The number of benzene rings is 1. The Morgan fingerprint density at radius 3 is 2.23 bits per heavy atom. The third-order valence-electron chi connectivity index (χ3n) is 7.86. The van der Waals surface area contributed by atoms with E-state index >= 15 is 0 Å². The second-order valence-electron chi connectivity index (χ2n) is 10.5. The number of aromatic hydroxyl groups is 1. The summed E-state index contributed by atoms with van der Waals surface area (Å²) >= 11 is 0. The fraction of sp³-hybridized carbons (Fsp3) is 0.643. The van der Waals surface area contributed by atoms with Crippen LogP contribution in [0.2, 0.25) is 0 Å². The summed E-state index contributed by atoms with van der Waals surface area (Å²) in [5.74, 6) is 0.687. The highest BCUT2D eigenvalue weighted by Gasteiger charge is 2.21. The number of aromatic nitrogens is 1. The van der Waals surface area contributed by atoms with Crippen LogP contribution < -0.4 is 10.9 Å². The Hall–Kier alpha value is -1.93. The van der Waals surface area contributed by atoms with E-state index in [2.05, 4.69) is 27.0 Å². The highest BCUT2D eigenvalue weighted by Crippen LogP contribution is 2.28. The van der Waals surface area contributed by atoms with Gasteiger partial charge < -0.3 is 30.3 Å². The van der Waals surface area contributed by atoms with Gasteiger partial charge in [0.2, 0.25) is 5.56 Å². The topological polar surface area (TPSA) is 91.8 Å². The molecule has 2 fully saturated rings. The van der Waals surface area contributed by atoms with Crippen molar-refractivity contribution in [3.8, 4) is 5.75 Å². The zero-order chi connectivity index (χ0) is 24.6. The molecule has 35 heavy (non-hydrogen) atoms. The molecule has 1 radical (unpaired) electrons. The zero-order valence-electron chi connectivity index (χ0n) is 21.1. The molecule has 1 aromatic heterocycles. The Morgan fingerprint density at radius 2 is 1.57 bits per heavy atom. The molecule has 4 N–H and O–H groups in total. The summed E-state index contributed by atoms with van der Waals surface area (Å²) in [7, 11) is 0. The minimum absolute atomic E-state index is 0.0170. The molecule has 2 aromatic rings. The van der Waals surface area contributed by atoms with Gasteiger partial charge in [-0.1, -0.05) is 25.8 Å². The van der Waals surface area contributed by atoms with E-state index in [0.717, 1.165) is 25.9 Å². The molecule has 2 aliphatic heterocycles. The molecule has 0 spiro atoms. The van der Waals surface area contributed by atoms with Crippen LogP contribution in [0.1, 0.15) is 63.0 Å². The SMILES string of the molecule is [CH2]C1CCN(CCCCCCN2CCC(NC[C@H](O)c3ccc(O)c4[nH]c(=O)ccc34)CC2)CC1. The molecule has 193 valence electrons. The number of phenols is 1. The lowest BCUT2D eigenvalue weighted by atomic mass is 9.99. The predicted molar refractivity (Wildman–Crippen MR) is 142 cm³/mol. The molecular formula is C28H43N4O3. The first-order valence-electron chi connectivity index (χ1n) is 13.5. The maximum atomic E-state index is 11.6. The third kappa shape index (κ3) is 7.53. The molecule has 7 nitrogen and oxygen atoms in total. The van der Waals surface area contributed by atoms with Gasteiger partial charge in [0.1, 0.15) is 5.75 Å². The first-order valence-corrected chi connectivity index (χ1v) is 13.5. The Bertz CT molecular complexity index is 978. The summed E-state index contributed by atoms with van der Waals surface area (Å²) in [6.07, 6.45) is 9.28. The number of nitrogens with zero attached hydrogens (tertiary/aromatic N) is 2. The number of likely N-dealkylation sites (tertiary alicyclic amines) is 2. The molecule has 0 aliphatic carbocycles. The van der Waals surface area contributed by atoms with Crippen molar-refractivity contribution < 1.29 is 10.2 Å². The summed E-state index contributed by atoms with van der Waals surface area (Å²) in [4.78, 5) is 19.5. The number of hydrogen-bond donors (Lipinski definition) is 4. The maximum absolute atomic E-state index is 11.6. The lowest BCUT2D eigenvalue weighted by Gasteiger charge is -2.33. The van der Waals surface area contributed by atoms with Crippen LogP contribution >= 0.6 is 0 Å². The standard InChI is InChI=1S/C28H43N4O3/c1-21-10-16-31(17-11-21)14-4-2-3-5-15-32-18-12-22(13-19-32)29-20-26(34)23-6-8-25(33)28-24(23)7-9-27(35)30-28/h6-9,21-22,26,29,33-34H,1-5,10-20H2,(H,30,35)/t26-/m0/s1. The number of H-pyrrole nitrogens is 1. The number of phenolic OH excluding ortho intramolecular Hbond substituents is 1. The minimum atomic E-state index is -0.702. The van der Waals surface area contributed by atoms with E-state index in [1.807, 2.05) is 0 Å². The van der Waals surface area contributed by atoms with E-state index < -0.39 is 6.10 Å². The van der Waals surface area contributed by atoms with Gasteiger partial charge >= 0.3 is 0 Å². The highest BCUT2D eigenvalue weighted by molar-refractivity contribution is 5.87. The van der Waals surface area contributed by atoms with Crippen molar-refractivity contribution in [3.05, 3.63) is 47.1 Å². The number of nitrogens with one attached hydrogen (secondary N) is 2. The smallest absolute Gasteiger partial charge is 0.248 e. The number of rotatable bonds is 11. The second kappa shape index (κ2) is 12.9. The fourth-order valence-corrected chi connectivity index (χ4v) is 5.53. The van der Waals surface area contributed by atoms with Gasteiger partial charge in [0.15, 0.2) is 0 Å². The number of aliphatic hydroxyl groups is 1. The van der Waals surface area contributed by atoms with Crippen LogP contribution in [0.5, 0.6) is 5.75 Å². The van der Waals surface area contributed by atoms with Gasteiger partial charge in [0, 0.05) is 24.0 Å². The number of piperidine rings is 2. The molecule has 0 bridgehead atoms. The quantitative estimate of drug-likeness (QED) is 0.366. The third-order valence-corrected chi connectivity index (χ3v) is 7.86. The summed E-state index contributed by atoms with van der Waals surface area (Å²) in [6, 6.07) is 6.76. The number of fused-ring (bicyclic) bond motifs is 1. The van der Waals surface area contributed by atoms with Gasteiger partial charge in [-0.2, -0.15) is 0 Å². The van der Waals surface area contributed by atoms with Crippen molar-refractivity contribution in [3.63, 3.8) is 0 Å². The molecule has 0 amide bonds. The van der Waals surface area contributed by atoms with Gasteiger partial charge in [0.05, 0.1) is 11.6 Å². The monoisotopic (exact) mass is 483 g/mol. The van der Waals surface area contributed by atoms with E-state index in [4.69, 9.17) is 0 Å². The molecule has 0 saturated carbocycles. The molecule has 2 aliphatic rings. The maximum Gasteiger partial charge on any atom is 0.248 e. The lowest BCUT2D eigenvalue weighted by molar-refractivity contribution is 0.151. The van der Waals surface area contributed by atoms with E-state index in [9.17, 15) is 15.0 Å². The highest BCUT2D eigenvalue weighted by atomic mass is 16.3. The van der Waals surface area contributed by atoms with E-state index in [1.165, 1.54) is 76.8 Å².